The van der Waals surface area contributed by atoms with Crippen LogP contribution >= 0.6 is 0 Å². The van der Waals surface area contributed by atoms with Gasteiger partial charge in [0, 0.05) is 32.2 Å². The van der Waals surface area contributed by atoms with Gasteiger partial charge >= 0.3 is 0 Å². The molecule has 0 saturated carbocycles. The monoisotopic (exact) mass is 698 g/mol. The third-order valence-electron chi connectivity index (χ3n) is 6.90. The highest BCUT2D eigenvalue weighted by Crippen LogP contribution is 2.33. The highest BCUT2D eigenvalue weighted by atomic mass is 32.2. The summed E-state index contributed by atoms with van der Waals surface area (Å²) in [6.45, 7) is 2.34. The van der Waals surface area contributed by atoms with Crippen LogP contribution < -0.4 is 13.9 Å². The topological polar surface area (TPSA) is 173 Å². The number of morpholine rings is 1. The number of ether oxygens (including phenoxy) is 2. The number of halogens is 2. The van der Waals surface area contributed by atoms with Gasteiger partial charge in [0.15, 0.2) is 11.6 Å². The number of aromatic nitrogens is 5. The Bertz CT molecular complexity index is 1890. The van der Waals surface area contributed by atoms with E-state index in [1.54, 1.807) is 47.4 Å². The Kier molecular flexibility index (Phi) is 11.3. The van der Waals surface area contributed by atoms with Gasteiger partial charge in [0.2, 0.25) is 21.9 Å². The summed E-state index contributed by atoms with van der Waals surface area (Å²) in [5, 5.41) is 0. The third-order valence-corrected chi connectivity index (χ3v) is 8.64. The molecule has 47 heavy (non-hydrogen) atoms. The van der Waals surface area contributed by atoms with Crippen molar-refractivity contribution in [2.24, 2.45) is 0 Å². The number of methoxy groups -OCH3 is 1. The molecule has 0 atom stereocenters. The predicted octanol–water partition coefficient (Wildman–Crippen LogP) is 2.49. The Morgan fingerprint density at radius 1 is 0.957 bits per heavy atom. The molecule has 2 aromatic heterocycles. The second-order valence-electron chi connectivity index (χ2n) is 10.7. The van der Waals surface area contributed by atoms with E-state index in [-0.39, 0.29) is 23.0 Å². The van der Waals surface area contributed by atoms with Gasteiger partial charge in [0.25, 0.3) is 16.5 Å². The van der Waals surface area contributed by atoms with Crippen LogP contribution in [0.15, 0.2) is 42.5 Å². The standard InChI is InChI=1S/C27H32F2N8O4S.CH4O3S/c1-34(2)14-17-42(38,39)35(3)19-10-8-18(9-11-19)24-31-26(36-12-15-41-16-13-36)33-27(32-24)37-20-6-5-7-21(40-4)22(20)30-25(37)23(28)29;1-5(2,3)4/h5-11,23H,12-17H2,1-4H3;1H3,(H,2,3,4). The predicted molar refractivity (Wildman–Crippen MR) is 173 cm³/mol. The normalized spacial score (nSPS) is 14.0. The summed E-state index contributed by atoms with van der Waals surface area (Å²) in [5.74, 6) is 0.288. The largest absolute Gasteiger partial charge is 0.494 e. The summed E-state index contributed by atoms with van der Waals surface area (Å²) >= 11 is 0. The lowest BCUT2D eigenvalue weighted by atomic mass is 10.2. The molecule has 0 radical (unpaired) electrons. The van der Waals surface area contributed by atoms with Crippen LogP contribution in [0.1, 0.15) is 12.2 Å². The zero-order valence-electron chi connectivity index (χ0n) is 26.4. The SMILES string of the molecule is COc1cccc2c1nc(C(F)F)n2-c1nc(-c2ccc(N(C)S(=O)(=O)CCN(C)C)cc2)nc(N2CCOCC2)n1.CS(=O)(=O)O. The molecule has 0 spiro atoms. The minimum absolute atomic E-state index is 0.0278. The molecule has 256 valence electrons. The van der Waals surface area contributed by atoms with E-state index in [2.05, 4.69) is 19.9 Å². The molecule has 1 saturated heterocycles. The Balaban J connectivity index is 0.000000930. The second kappa shape index (κ2) is 14.8. The maximum atomic E-state index is 14.3. The van der Waals surface area contributed by atoms with Crippen molar-refractivity contribution in [3.05, 3.63) is 48.3 Å². The smallest absolute Gasteiger partial charge is 0.296 e. The number of anilines is 2. The average molecular weight is 699 g/mol. The van der Waals surface area contributed by atoms with Gasteiger partial charge in [-0.15, -0.1) is 0 Å². The van der Waals surface area contributed by atoms with E-state index in [4.69, 9.17) is 14.0 Å². The van der Waals surface area contributed by atoms with Gasteiger partial charge in [-0.2, -0.15) is 23.4 Å². The fourth-order valence-corrected chi connectivity index (χ4v) is 5.83. The molecular weight excluding hydrogens is 662 g/mol. The number of hydrogen-bond acceptors (Lipinski definition) is 12. The van der Waals surface area contributed by atoms with E-state index in [0.29, 0.717) is 67.6 Å². The van der Waals surface area contributed by atoms with Gasteiger partial charge in [-0.1, -0.05) is 6.07 Å². The highest BCUT2D eigenvalue weighted by molar-refractivity contribution is 7.92. The lowest BCUT2D eigenvalue weighted by Gasteiger charge is -2.27. The highest BCUT2D eigenvalue weighted by Gasteiger charge is 2.26. The van der Waals surface area contributed by atoms with Gasteiger partial charge in [-0.25, -0.2) is 22.2 Å². The lowest BCUT2D eigenvalue weighted by molar-refractivity contribution is 0.122. The molecule has 19 heteroatoms. The molecule has 0 unspecified atom stereocenters. The summed E-state index contributed by atoms with van der Waals surface area (Å²) in [6.07, 6.45) is -2.20. The van der Waals surface area contributed by atoms with E-state index in [9.17, 15) is 25.6 Å². The number of benzene rings is 2. The van der Waals surface area contributed by atoms with Crippen LogP contribution in [0.25, 0.3) is 28.4 Å². The maximum Gasteiger partial charge on any atom is 0.296 e. The van der Waals surface area contributed by atoms with Gasteiger partial charge in [-0.05, 0) is 50.5 Å². The zero-order valence-corrected chi connectivity index (χ0v) is 28.0. The summed E-state index contributed by atoms with van der Waals surface area (Å²) < 4.78 is 93.3. The molecule has 0 amide bonds. The first-order chi connectivity index (χ1) is 22.1. The Morgan fingerprint density at radius 3 is 2.15 bits per heavy atom. The molecule has 1 aliphatic heterocycles. The van der Waals surface area contributed by atoms with Crippen LogP contribution in [0.3, 0.4) is 0 Å². The molecule has 1 fully saturated rings. The van der Waals surface area contributed by atoms with Gasteiger partial charge in [0.05, 0.1) is 43.5 Å². The summed E-state index contributed by atoms with van der Waals surface area (Å²) in [5.41, 5.74) is 1.63. The van der Waals surface area contributed by atoms with Gasteiger partial charge < -0.3 is 19.3 Å². The molecule has 0 aliphatic carbocycles. The average Bonchev–Trinajstić information content (AvgIpc) is 3.43. The minimum atomic E-state index is -3.67. The van der Waals surface area contributed by atoms with E-state index < -0.39 is 32.4 Å². The molecule has 5 rings (SSSR count). The van der Waals surface area contributed by atoms with Crippen LogP contribution in [-0.4, -0.2) is 124 Å². The van der Waals surface area contributed by atoms with Crippen molar-refractivity contribution in [3.63, 3.8) is 0 Å². The fraction of sp³-hybridized carbons (Fsp3) is 0.429. The van der Waals surface area contributed by atoms with Crippen molar-refractivity contribution in [2.75, 3.05) is 82.3 Å². The second-order valence-corrected chi connectivity index (χ2v) is 14.2. The summed E-state index contributed by atoms with van der Waals surface area (Å²) in [6, 6.07) is 11.7. The van der Waals surface area contributed by atoms with E-state index in [1.807, 2.05) is 19.0 Å². The molecule has 4 aromatic rings. The van der Waals surface area contributed by atoms with Gasteiger partial charge in [-0.3, -0.25) is 13.4 Å². The first kappa shape index (κ1) is 35.8. The van der Waals surface area contributed by atoms with Crippen molar-refractivity contribution in [2.45, 2.75) is 6.43 Å². The third kappa shape index (κ3) is 9.07. The van der Waals surface area contributed by atoms with Gasteiger partial charge in [0.1, 0.15) is 11.3 Å². The number of alkyl halides is 2. The number of para-hydroxylation sites is 1. The molecule has 1 aliphatic rings. The molecule has 0 bridgehead atoms. The first-order valence-electron chi connectivity index (χ1n) is 14.2. The molecule has 3 heterocycles. The number of rotatable bonds is 10. The van der Waals surface area contributed by atoms with Crippen molar-refractivity contribution in [1.82, 2.24) is 29.4 Å². The minimum Gasteiger partial charge on any atom is -0.494 e. The van der Waals surface area contributed by atoms with Crippen LogP contribution in [-0.2, 0) is 24.9 Å². The van der Waals surface area contributed by atoms with Crippen molar-refractivity contribution in [3.8, 4) is 23.1 Å². The number of fused-ring (bicyclic) bond motifs is 1. The zero-order chi connectivity index (χ0) is 34.5. The van der Waals surface area contributed by atoms with Crippen molar-refractivity contribution >= 4 is 42.8 Å². The lowest BCUT2D eigenvalue weighted by Crippen LogP contribution is -2.37. The number of nitrogens with zero attached hydrogens (tertiary/aromatic N) is 8. The number of hydrogen-bond donors (Lipinski definition) is 1. The Morgan fingerprint density at radius 2 is 1.57 bits per heavy atom. The Labute approximate surface area is 271 Å². The van der Waals surface area contributed by atoms with E-state index in [0.717, 1.165) is 0 Å². The van der Waals surface area contributed by atoms with Crippen LogP contribution in [0.5, 0.6) is 5.75 Å². The van der Waals surface area contributed by atoms with Crippen molar-refractivity contribution < 1.29 is 39.6 Å². The fourth-order valence-electron chi connectivity index (χ4n) is 4.52. The number of imidazole rings is 1. The molecule has 15 nitrogen and oxygen atoms in total. The molecular formula is C28H36F2N8O7S2. The summed E-state index contributed by atoms with van der Waals surface area (Å²) in [7, 11) is -0.638. The van der Waals surface area contributed by atoms with Crippen molar-refractivity contribution in [1.29, 1.82) is 0 Å². The molecule has 1 N–H and O–H groups in total. The van der Waals surface area contributed by atoms with Crippen LogP contribution in [0.4, 0.5) is 20.4 Å². The van der Waals surface area contributed by atoms with E-state index >= 15 is 0 Å². The Hall–Kier alpha value is -4.04. The van der Waals surface area contributed by atoms with Crippen LogP contribution in [0.2, 0.25) is 0 Å². The van der Waals surface area contributed by atoms with Crippen LogP contribution in [0, 0.1) is 0 Å². The first-order valence-corrected chi connectivity index (χ1v) is 17.6. The number of sulfonamides is 1. The van der Waals surface area contributed by atoms with E-state index in [1.165, 1.54) is 23.0 Å². The molecule has 2 aromatic carbocycles. The maximum absolute atomic E-state index is 14.3. The summed E-state index contributed by atoms with van der Waals surface area (Å²) in [4.78, 5) is 21.7. The quantitative estimate of drug-likeness (QED) is 0.240.